The first-order valence-electron chi connectivity index (χ1n) is 24.8. The molecule has 11 rings (SSSR count). The Hall–Kier alpha value is -12.8. The van der Waals surface area contributed by atoms with Crippen LogP contribution in [0.25, 0.3) is 11.1 Å². The summed E-state index contributed by atoms with van der Waals surface area (Å²) in [4.78, 5) is 99.3. The number of cyclic esters (lactones) is 1. The fourth-order valence-corrected chi connectivity index (χ4v) is 9.99. The molecule has 0 radical (unpaired) electrons. The van der Waals surface area contributed by atoms with Crippen molar-refractivity contribution in [2.75, 3.05) is 6.61 Å². The van der Waals surface area contributed by atoms with Gasteiger partial charge in [-0.05, 0) is 48.6 Å². The molecular weight excluding hydrogens is 1200 g/mol. The number of benzene rings is 5. The standard InChI is InChI=1S/C55H36O34/c56-18-1-11(2-19(57)32(18)64)48(74)87-46-43-27(10-81-50(76)13-5-22(60)34(66)39(71)28(13)29-14(51(77)84-43)6-23(61)35(67)40(29)72)83-55(47(46)88-49(75)12-3-20(58)33(65)21(59)4-12)89-54(80)17-8-24(62)36(68)41(73)42(17)82-26-9-16-31-30-15(52(78)86-45(31)38(26)70)7-25(63)37(69)44(30)85-53(16)79/h1-9,27,43-47,55-73H,10H2. The summed E-state index contributed by atoms with van der Waals surface area (Å²) in [6.45, 7) is -1.43. The van der Waals surface area contributed by atoms with E-state index >= 15 is 0 Å². The highest BCUT2D eigenvalue weighted by atomic mass is 16.7. The van der Waals surface area contributed by atoms with Crippen molar-refractivity contribution in [3.8, 4) is 103 Å². The zero-order chi connectivity index (χ0) is 64.4. The molecule has 0 saturated carbocycles. The van der Waals surface area contributed by atoms with Crippen LogP contribution in [0.1, 0.15) is 51.8 Å². The number of carbonyl (C=O) groups is 7. The van der Waals surface area contributed by atoms with Crippen molar-refractivity contribution in [2.45, 2.75) is 42.9 Å². The Morgan fingerprint density at radius 3 is 1.42 bits per heavy atom. The van der Waals surface area contributed by atoms with Crippen molar-refractivity contribution in [3.05, 3.63) is 128 Å². The molecule has 460 valence electrons. The van der Waals surface area contributed by atoms with Crippen LogP contribution in [0, 0.1) is 0 Å². The lowest BCUT2D eigenvalue weighted by molar-refractivity contribution is -0.282. The van der Waals surface area contributed by atoms with Gasteiger partial charge < -0.3 is 135 Å². The fourth-order valence-electron chi connectivity index (χ4n) is 9.99. The van der Waals surface area contributed by atoms with Crippen LogP contribution < -0.4 is 4.74 Å². The predicted octanol–water partition coefficient (Wildman–Crippen LogP) is 2.17. The highest BCUT2D eigenvalue weighted by Gasteiger charge is 2.57. The molecule has 6 aliphatic rings. The second-order valence-electron chi connectivity index (χ2n) is 19.5. The number of ether oxygens (including phenoxy) is 9. The first-order chi connectivity index (χ1) is 42.0. The molecule has 0 amide bonds. The summed E-state index contributed by atoms with van der Waals surface area (Å²) < 4.78 is 50.5. The molecule has 34 heteroatoms. The fraction of sp³-hybridized carbons (Fsp3) is 0.145. The molecule has 0 spiro atoms. The van der Waals surface area contributed by atoms with Crippen LogP contribution in [0.5, 0.6) is 92.0 Å². The lowest BCUT2D eigenvalue weighted by Crippen LogP contribution is -2.63. The Morgan fingerprint density at radius 2 is 0.888 bits per heavy atom. The Kier molecular flexibility index (Phi) is 13.6. The third-order valence-electron chi connectivity index (χ3n) is 14.2. The normalized spacial score (nSPS) is 21.8. The molecule has 0 bridgehead atoms. The lowest BCUT2D eigenvalue weighted by Gasteiger charge is -2.43. The molecule has 4 aliphatic heterocycles. The van der Waals surface area contributed by atoms with Crippen molar-refractivity contribution in [1.29, 1.82) is 0 Å². The number of aliphatic hydroxyl groups is 3. The average Bonchev–Trinajstić information content (AvgIpc) is 0.934. The highest BCUT2D eigenvalue weighted by Crippen LogP contribution is 2.55. The van der Waals surface area contributed by atoms with Gasteiger partial charge in [-0.1, -0.05) is 0 Å². The maximum Gasteiger partial charge on any atom is 0.344 e. The van der Waals surface area contributed by atoms with Crippen molar-refractivity contribution >= 4 is 41.8 Å². The Labute approximate surface area is 489 Å². The van der Waals surface area contributed by atoms with Crippen LogP contribution in [-0.4, -0.2) is 183 Å². The minimum Gasteiger partial charge on any atom is -0.505 e. The van der Waals surface area contributed by atoms with E-state index in [1.54, 1.807) is 0 Å². The zero-order valence-corrected chi connectivity index (χ0v) is 43.5. The summed E-state index contributed by atoms with van der Waals surface area (Å²) in [5.74, 6) is -37.6. The lowest BCUT2D eigenvalue weighted by atomic mass is 9.78. The van der Waals surface area contributed by atoms with Crippen LogP contribution in [0.2, 0.25) is 0 Å². The minimum absolute atomic E-state index is 0.275. The monoisotopic (exact) mass is 1240 g/mol. The van der Waals surface area contributed by atoms with E-state index in [1.165, 1.54) is 0 Å². The average molecular weight is 1240 g/mol. The molecule has 34 nitrogen and oxygen atoms in total. The molecular formula is C55H36O34. The smallest absolute Gasteiger partial charge is 0.344 e. The number of fused-ring (bicyclic) bond motifs is 4. The van der Waals surface area contributed by atoms with Gasteiger partial charge in [-0.25, -0.2) is 33.6 Å². The number of carbonyl (C=O) groups excluding carboxylic acids is 7. The summed E-state index contributed by atoms with van der Waals surface area (Å²) >= 11 is 0. The summed E-state index contributed by atoms with van der Waals surface area (Å²) in [5.41, 5.74) is -9.41. The van der Waals surface area contributed by atoms with Crippen LogP contribution in [0.3, 0.4) is 0 Å². The van der Waals surface area contributed by atoms with Crippen molar-refractivity contribution in [1.82, 2.24) is 0 Å². The molecule has 1 saturated heterocycles. The topological polar surface area (TPSA) is 567 Å². The van der Waals surface area contributed by atoms with E-state index < -0.39 is 256 Å². The van der Waals surface area contributed by atoms with E-state index in [9.17, 15) is 125 Å². The van der Waals surface area contributed by atoms with Gasteiger partial charge in [-0.3, -0.25) is 0 Å². The van der Waals surface area contributed by atoms with Gasteiger partial charge in [0.15, 0.2) is 116 Å². The first kappa shape index (κ1) is 58.0. The Bertz CT molecular complexity index is 4230. The first-order valence-corrected chi connectivity index (χ1v) is 24.8. The summed E-state index contributed by atoms with van der Waals surface area (Å²) in [6.07, 6.45) is -15.9. The van der Waals surface area contributed by atoms with Gasteiger partial charge in [0.25, 0.3) is 0 Å². The number of aliphatic hydroxyl groups excluding tert-OH is 3. The predicted molar refractivity (Wildman–Crippen MR) is 274 cm³/mol. The summed E-state index contributed by atoms with van der Waals surface area (Å²) in [7, 11) is 0. The molecule has 7 unspecified atom stereocenters. The summed E-state index contributed by atoms with van der Waals surface area (Å²) in [6, 6.07) is 2.88. The van der Waals surface area contributed by atoms with Gasteiger partial charge in [0, 0.05) is 28.3 Å². The molecule has 5 aromatic carbocycles. The third-order valence-corrected chi connectivity index (χ3v) is 14.2. The molecule has 2 aliphatic carbocycles. The molecule has 5 aromatic rings. The Morgan fingerprint density at radius 1 is 0.438 bits per heavy atom. The van der Waals surface area contributed by atoms with Gasteiger partial charge in [-0.2, -0.15) is 0 Å². The number of rotatable bonds is 8. The van der Waals surface area contributed by atoms with Gasteiger partial charge in [0.1, 0.15) is 18.3 Å². The van der Waals surface area contributed by atoms with Crippen molar-refractivity contribution in [2.24, 2.45) is 0 Å². The molecule has 18 N–H and O–H groups in total. The van der Waals surface area contributed by atoms with E-state index in [1.807, 2.05) is 0 Å². The number of hydrogen-bond donors (Lipinski definition) is 18. The number of hydrogen-bond acceptors (Lipinski definition) is 34. The SMILES string of the molecule is O=C1OC2C(O)=C(Oc3c(C(=O)OC4OC5COC(=O)c6cc(O)c(O)c(O)c6-c6c(cc(O)c(O)c6O)C(=O)OC5C(OC(=O)c5cc(O)c(O)c(O)c5)C4OC(=O)c4cc(O)c(O)c(O)c4)cc(O)c(O)c3O)C=C3C(=O)OC4C(O)=C(O)C=C1C4=C32. The molecule has 0 aromatic heterocycles. The van der Waals surface area contributed by atoms with E-state index in [-0.39, 0.29) is 11.1 Å². The number of phenols is 15. The minimum atomic E-state index is -2.87. The molecule has 7 atom stereocenters. The zero-order valence-electron chi connectivity index (χ0n) is 43.5. The summed E-state index contributed by atoms with van der Waals surface area (Å²) in [5, 5.41) is 192. The van der Waals surface area contributed by atoms with Gasteiger partial charge in [0.2, 0.25) is 35.4 Å². The largest absolute Gasteiger partial charge is 0.505 e. The van der Waals surface area contributed by atoms with Crippen molar-refractivity contribution in [3.63, 3.8) is 0 Å². The quantitative estimate of drug-likeness (QED) is 0.0601. The second kappa shape index (κ2) is 20.8. The number of aromatic hydroxyl groups is 15. The number of esters is 7. The molecule has 1 fully saturated rings. The van der Waals surface area contributed by atoms with E-state index in [2.05, 4.69) is 0 Å². The van der Waals surface area contributed by atoms with Crippen LogP contribution >= 0.6 is 0 Å². The van der Waals surface area contributed by atoms with Crippen LogP contribution in [0.15, 0.2) is 99.9 Å². The van der Waals surface area contributed by atoms with E-state index in [0.717, 1.165) is 6.08 Å². The maximum absolute atomic E-state index is 14.9. The third kappa shape index (κ3) is 9.31. The number of phenolic OH excluding ortho intramolecular Hbond substituents is 15. The Balaban J connectivity index is 1.06. The number of allylic oxidation sites excluding steroid dienone is 2. The molecule has 89 heavy (non-hydrogen) atoms. The highest BCUT2D eigenvalue weighted by molar-refractivity contribution is 6.09. The van der Waals surface area contributed by atoms with E-state index in [4.69, 9.17) is 42.6 Å². The van der Waals surface area contributed by atoms with Crippen LogP contribution in [0.4, 0.5) is 0 Å². The molecule has 4 heterocycles. The van der Waals surface area contributed by atoms with E-state index in [0.29, 0.717) is 48.5 Å². The van der Waals surface area contributed by atoms with Gasteiger partial charge in [0.05, 0.1) is 33.4 Å². The second-order valence-corrected chi connectivity index (χ2v) is 19.5. The van der Waals surface area contributed by atoms with Crippen LogP contribution in [-0.2, 0) is 47.5 Å². The van der Waals surface area contributed by atoms with Crippen molar-refractivity contribution < 1.29 is 168 Å². The maximum atomic E-state index is 14.9. The van der Waals surface area contributed by atoms with Gasteiger partial charge >= 0.3 is 41.8 Å². The van der Waals surface area contributed by atoms with Gasteiger partial charge in [-0.15, -0.1) is 0 Å².